The quantitative estimate of drug-likeness (QED) is 0.866. The fourth-order valence-electron chi connectivity index (χ4n) is 3.48. The summed E-state index contributed by atoms with van der Waals surface area (Å²) in [6, 6.07) is 8.14. The van der Waals surface area contributed by atoms with Crippen LogP contribution in [0.4, 0.5) is 0 Å². The van der Waals surface area contributed by atoms with Crippen molar-refractivity contribution in [2.45, 2.75) is 44.9 Å². The second-order valence-electron chi connectivity index (χ2n) is 7.05. The van der Waals surface area contributed by atoms with E-state index in [2.05, 4.69) is 29.2 Å². The number of hydrogen-bond acceptors (Lipinski definition) is 4. The molecule has 1 saturated heterocycles. The number of likely N-dealkylation sites (tertiary alicyclic amines) is 1. The number of amides is 1. The van der Waals surface area contributed by atoms with E-state index in [1.54, 1.807) is 0 Å². The number of piperidine rings is 1. The van der Waals surface area contributed by atoms with Gasteiger partial charge in [0.2, 0.25) is 17.6 Å². The van der Waals surface area contributed by atoms with Crippen LogP contribution in [0.5, 0.6) is 0 Å². The Morgan fingerprint density at radius 3 is 2.46 bits per heavy atom. The number of aromatic nitrogens is 2. The summed E-state index contributed by atoms with van der Waals surface area (Å²) >= 11 is 0. The number of carbonyl (C=O) groups is 1. The molecule has 0 bridgehead atoms. The highest BCUT2D eigenvalue weighted by atomic mass is 16.5. The minimum absolute atomic E-state index is 0.266. The van der Waals surface area contributed by atoms with Crippen molar-refractivity contribution in [1.82, 2.24) is 15.0 Å². The molecular weight excluding hydrogens is 302 g/mol. The van der Waals surface area contributed by atoms with Gasteiger partial charge in [0, 0.05) is 30.5 Å². The minimum atomic E-state index is 0.266. The zero-order valence-corrected chi connectivity index (χ0v) is 14.1. The Bertz CT molecular complexity index is 710. The van der Waals surface area contributed by atoms with Crippen LogP contribution in [0.25, 0.3) is 11.4 Å². The topological polar surface area (TPSA) is 59.2 Å². The number of benzene rings is 1. The molecule has 1 saturated carbocycles. The first-order valence-corrected chi connectivity index (χ1v) is 8.90. The fraction of sp³-hybridized carbons (Fsp3) is 0.526. The predicted octanol–water partition coefficient (Wildman–Crippen LogP) is 3.55. The molecule has 5 nitrogen and oxygen atoms in total. The average molecular weight is 325 g/mol. The smallest absolute Gasteiger partial charge is 0.230 e. The number of nitrogens with zero attached hydrogens (tertiary/aromatic N) is 3. The molecule has 126 valence electrons. The lowest BCUT2D eigenvalue weighted by Crippen LogP contribution is -2.43. The molecule has 1 aromatic carbocycles. The molecule has 0 N–H and O–H groups in total. The van der Waals surface area contributed by atoms with E-state index in [1.807, 2.05) is 17.0 Å². The van der Waals surface area contributed by atoms with Gasteiger partial charge in [-0.1, -0.05) is 41.4 Å². The molecule has 2 aromatic rings. The normalized spacial score (nSPS) is 19.3. The van der Waals surface area contributed by atoms with Crippen LogP contribution < -0.4 is 0 Å². The lowest BCUT2D eigenvalue weighted by Gasteiger charge is -2.35. The SMILES string of the molecule is Cc1ccc(-c2noc(C3CCN(C(=O)C4CCC4)CC3)n2)cc1. The molecule has 0 radical (unpaired) electrons. The van der Waals surface area contributed by atoms with Crippen molar-refractivity contribution in [3.8, 4) is 11.4 Å². The van der Waals surface area contributed by atoms with Gasteiger partial charge in [-0.05, 0) is 32.6 Å². The van der Waals surface area contributed by atoms with E-state index in [4.69, 9.17) is 4.52 Å². The standard InChI is InChI=1S/C19H23N3O2/c1-13-5-7-14(8-6-13)17-20-18(24-21-17)15-9-11-22(12-10-15)19(23)16-3-2-4-16/h5-8,15-16H,2-4,9-12H2,1H3. The van der Waals surface area contributed by atoms with Gasteiger partial charge in [-0.2, -0.15) is 4.98 Å². The van der Waals surface area contributed by atoms with Gasteiger partial charge >= 0.3 is 0 Å². The Morgan fingerprint density at radius 1 is 1.12 bits per heavy atom. The zero-order valence-electron chi connectivity index (χ0n) is 14.1. The maximum Gasteiger partial charge on any atom is 0.230 e. The van der Waals surface area contributed by atoms with E-state index in [0.29, 0.717) is 17.6 Å². The molecule has 2 aliphatic rings. The highest BCUT2D eigenvalue weighted by Crippen LogP contribution is 2.32. The number of aryl methyl sites for hydroxylation is 1. The summed E-state index contributed by atoms with van der Waals surface area (Å²) in [5, 5.41) is 4.13. The molecule has 0 unspecified atom stereocenters. The molecule has 5 heteroatoms. The molecule has 24 heavy (non-hydrogen) atoms. The molecular formula is C19H23N3O2. The Morgan fingerprint density at radius 2 is 1.83 bits per heavy atom. The first-order chi connectivity index (χ1) is 11.7. The van der Waals surface area contributed by atoms with Crippen LogP contribution in [-0.2, 0) is 4.79 Å². The number of rotatable bonds is 3. The Balaban J connectivity index is 1.39. The van der Waals surface area contributed by atoms with Crippen LogP contribution in [0.1, 0.15) is 49.5 Å². The van der Waals surface area contributed by atoms with E-state index in [0.717, 1.165) is 44.3 Å². The molecule has 2 fully saturated rings. The van der Waals surface area contributed by atoms with Gasteiger partial charge in [0.15, 0.2) is 0 Å². The third-order valence-electron chi connectivity index (χ3n) is 5.36. The first-order valence-electron chi connectivity index (χ1n) is 8.90. The molecule has 1 aliphatic heterocycles. The largest absolute Gasteiger partial charge is 0.342 e. The van der Waals surface area contributed by atoms with Gasteiger partial charge in [0.05, 0.1) is 0 Å². The van der Waals surface area contributed by atoms with Crippen molar-refractivity contribution in [2.24, 2.45) is 5.92 Å². The monoisotopic (exact) mass is 325 g/mol. The number of hydrogen-bond donors (Lipinski definition) is 0. The predicted molar refractivity (Wildman–Crippen MR) is 90.4 cm³/mol. The highest BCUT2D eigenvalue weighted by Gasteiger charge is 2.33. The molecule has 1 aromatic heterocycles. The third-order valence-corrected chi connectivity index (χ3v) is 5.36. The summed E-state index contributed by atoms with van der Waals surface area (Å²) in [7, 11) is 0. The average Bonchev–Trinajstić information content (AvgIpc) is 3.04. The maximum atomic E-state index is 12.3. The summed E-state index contributed by atoms with van der Waals surface area (Å²) in [5.41, 5.74) is 2.19. The molecule has 1 amide bonds. The second kappa shape index (κ2) is 6.38. The van der Waals surface area contributed by atoms with Crippen LogP contribution in [-0.4, -0.2) is 34.0 Å². The van der Waals surface area contributed by atoms with E-state index >= 15 is 0 Å². The Kier molecular flexibility index (Phi) is 4.08. The van der Waals surface area contributed by atoms with E-state index < -0.39 is 0 Å². The second-order valence-corrected chi connectivity index (χ2v) is 7.05. The van der Waals surface area contributed by atoms with E-state index in [9.17, 15) is 4.79 Å². The van der Waals surface area contributed by atoms with Crippen molar-refractivity contribution >= 4 is 5.91 Å². The highest BCUT2D eigenvalue weighted by molar-refractivity contribution is 5.79. The lowest BCUT2D eigenvalue weighted by molar-refractivity contribution is -0.139. The van der Waals surface area contributed by atoms with Crippen LogP contribution in [0, 0.1) is 12.8 Å². The van der Waals surface area contributed by atoms with Crippen LogP contribution >= 0.6 is 0 Å². The Labute approximate surface area is 142 Å². The molecule has 1 aliphatic carbocycles. The number of carbonyl (C=O) groups excluding carboxylic acids is 1. The maximum absolute atomic E-state index is 12.3. The van der Waals surface area contributed by atoms with Crippen molar-refractivity contribution in [1.29, 1.82) is 0 Å². The van der Waals surface area contributed by atoms with Gasteiger partial charge in [0.25, 0.3) is 0 Å². The third kappa shape index (κ3) is 2.95. The van der Waals surface area contributed by atoms with Gasteiger partial charge in [-0.3, -0.25) is 4.79 Å². The minimum Gasteiger partial charge on any atom is -0.342 e. The summed E-state index contributed by atoms with van der Waals surface area (Å²) in [6.07, 6.45) is 5.17. The van der Waals surface area contributed by atoms with Crippen LogP contribution in [0.15, 0.2) is 28.8 Å². The van der Waals surface area contributed by atoms with Crippen molar-refractivity contribution in [3.63, 3.8) is 0 Å². The van der Waals surface area contributed by atoms with Crippen molar-refractivity contribution < 1.29 is 9.32 Å². The van der Waals surface area contributed by atoms with Gasteiger partial charge in [-0.15, -0.1) is 0 Å². The fourth-order valence-corrected chi connectivity index (χ4v) is 3.48. The molecule has 4 rings (SSSR count). The summed E-state index contributed by atoms with van der Waals surface area (Å²) in [4.78, 5) is 18.9. The van der Waals surface area contributed by atoms with Gasteiger partial charge in [-0.25, -0.2) is 0 Å². The molecule has 0 atom stereocenters. The Hall–Kier alpha value is -2.17. The van der Waals surface area contributed by atoms with Gasteiger partial charge < -0.3 is 9.42 Å². The van der Waals surface area contributed by atoms with Crippen molar-refractivity contribution in [2.75, 3.05) is 13.1 Å². The summed E-state index contributed by atoms with van der Waals surface area (Å²) < 4.78 is 5.50. The van der Waals surface area contributed by atoms with Crippen LogP contribution in [0.2, 0.25) is 0 Å². The lowest BCUT2D eigenvalue weighted by atomic mass is 9.83. The molecule has 0 spiro atoms. The summed E-state index contributed by atoms with van der Waals surface area (Å²) in [5.74, 6) is 2.27. The van der Waals surface area contributed by atoms with Gasteiger partial charge in [0.1, 0.15) is 0 Å². The zero-order chi connectivity index (χ0) is 16.5. The first kappa shape index (κ1) is 15.4. The summed E-state index contributed by atoms with van der Waals surface area (Å²) in [6.45, 7) is 3.68. The van der Waals surface area contributed by atoms with Crippen LogP contribution in [0.3, 0.4) is 0 Å². The molecule has 2 heterocycles. The van der Waals surface area contributed by atoms with E-state index in [1.165, 1.54) is 12.0 Å². The van der Waals surface area contributed by atoms with Crippen molar-refractivity contribution in [3.05, 3.63) is 35.7 Å². The van der Waals surface area contributed by atoms with E-state index in [-0.39, 0.29) is 11.8 Å².